The summed E-state index contributed by atoms with van der Waals surface area (Å²) in [5.41, 5.74) is 0.758. The Morgan fingerprint density at radius 2 is 2.03 bits per heavy atom. The van der Waals surface area contributed by atoms with Crippen molar-refractivity contribution in [3.8, 4) is 5.75 Å². The van der Waals surface area contributed by atoms with E-state index in [1.165, 1.54) is 30.0 Å². The molecule has 0 radical (unpaired) electrons. The molecule has 9 heteroatoms. The monoisotopic (exact) mass is 413 g/mol. The van der Waals surface area contributed by atoms with Gasteiger partial charge < -0.3 is 9.84 Å². The number of carbonyl (C=O) groups is 1. The van der Waals surface area contributed by atoms with Crippen LogP contribution in [0, 0.1) is 10.1 Å². The highest BCUT2D eigenvalue weighted by molar-refractivity contribution is 8.18. The van der Waals surface area contributed by atoms with Crippen LogP contribution in [0.1, 0.15) is 12.0 Å². The zero-order chi connectivity index (χ0) is 20.8. The second-order valence-electron chi connectivity index (χ2n) is 6.15. The number of amides is 1. The maximum absolute atomic E-state index is 12.9. The smallest absolute Gasteiger partial charge is 0.311 e. The van der Waals surface area contributed by atoms with Gasteiger partial charge in [-0.25, -0.2) is 4.99 Å². The molecule has 0 atom stereocenters. The van der Waals surface area contributed by atoms with Crippen molar-refractivity contribution in [3.05, 3.63) is 69.1 Å². The number of benzene rings is 2. The molecule has 0 saturated carbocycles. The molecule has 1 saturated heterocycles. The molecule has 0 spiro atoms. The lowest BCUT2D eigenvalue weighted by Gasteiger charge is -2.15. The fourth-order valence-electron chi connectivity index (χ4n) is 2.70. The number of nitro benzene ring substituents is 1. The van der Waals surface area contributed by atoms with E-state index in [2.05, 4.69) is 4.99 Å². The number of aromatic hydroxyl groups is 1. The number of ether oxygens (including phenoxy) is 1. The molecule has 8 nitrogen and oxygen atoms in total. The lowest BCUT2D eigenvalue weighted by atomic mass is 10.1. The minimum Gasteiger partial charge on any atom is -0.502 e. The third-order valence-corrected chi connectivity index (χ3v) is 5.10. The Hall–Kier alpha value is -3.17. The summed E-state index contributed by atoms with van der Waals surface area (Å²) in [5, 5.41) is 21.2. The van der Waals surface area contributed by atoms with E-state index in [-0.39, 0.29) is 5.91 Å². The Morgan fingerprint density at radius 3 is 2.72 bits per heavy atom. The maximum Gasteiger partial charge on any atom is 0.311 e. The number of aliphatic imine (C=N–C) groups is 1. The molecule has 150 valence electrons. The van der Waals surface area contributed by atoms with Crippen molar-refractivity contribution in [1.82, 2.24) is 4.90 Å². The number of thioether (sulfide) groups is 1. The van der Waals surface area contributed by atoms with Crippen LogP contribution in [0.25, 0.3) is 6.08 Å². The standard InChI is InChI=1S/C20H19N3O5S/c1-28-11-5-10-22-19(25)18(29-20(22)21-15-6-3-2-4-7-15)13-14-8-9-17(24)16(12-14)23(26)27/h2-4,6-9,12-13,24H,5,10-11H2,1H3/b18-13-,21-20?. The lowest BCUT2D eigenvalue weighted by molar-refractivity contribution is -0.385. The van der Waals surface area contributed by atoms with Crippen molar-refractivity contribution in [2.24, 2.45) is 4.99 Å². The SMILES string of the molecule is COCCCN1C(=O)/C(=C/c2ccc(O)c([N+](=O)[O-])c2)SC1=Nc1ccccc1. The van der Waals surface area contributed by atoms with Crippen LogP contribution in [0.4, 0.5) is 11.4 Å². The Morgan fingerprint density at radius 1 is 1.28 bits per heavy atom. The van der Waals surface area contributed by atoms with E-state index in [0.29, 0.717) is 35.2 Å². The molecular formula is C20H19N3O5S. The number of phenols is 1. The number of amidine groups is 1. The molecule has 0 aromatic heterocycles. The first-order chi connectivity index (χ1) is 14.0. The number of para-hydroxylation sites is 1. The molecule has 1 N–H and O–H groups in total. The predicted molar refractivity (Wildman–Crippen MR) is 112 cm³/mol. The summed E-state index contributed by atoms with van der Waals surface area (Å²) >= 11 is 1.21. The van der Waals surface area contributed by atoms with Crippen LogP contribution in [-0.2, 0) is 9.53 Å². The molecule has 1 aliphatic rings. The Balaban J connectivity index is 1.93. The summed E-state index contributed by atoms with van der Waals surface area (Å²) < 4.78 is 5.07. The second kappa shape index (κ2) is 9.35. The van der Waals surface area contributed by atoms with Gasteiger partial charge in [0.2, 0.25) is 0 Å². The number of phenolic OH excluding ortho intramolecular Hbond substituents is 1. The molecule has 3 rings (SSSR count). The van der Waals surface area contributed by atoms with Crippen molar-refractivity contribution >= 4 is 40.3 Å². The first-order valence-electron chi connectivity index (χ1n) is 8.81. The normalized spacial score (nSPS) is 16.7. The Labute approximate surface area is 171 Å². The maximum atomic E-state index is 12.9. The van der Waals surface area contributed by atoms with Crippen LogP contribution < -0.4 is 0 Å². The highest BCUT2D eigenvalue weighted by atomic mass is 32.2. The van der Waals surface area contributed by atoms with Crippen LogP contribution >= 0.6 is 11.8 Å². The van der Waals surface area contributed by atoms with Gasteiger partial charge >= 0.3 is 5.69 Å². The van der Waals surface area contributed by atoms with Crippen molar-refractivity contribution in [3.63, 3.8) is 0 Å². The number of hydrogen-bond donors (Lipinski definition) is 1. The summed E-state index contributed by atoms with van der Waals surface area (Å²) in [6, 6.07) is 13.3. The van der Waals surface area contributed by atoms with E-state index < -0.39 is 16.4 Å². The first kappa shape index (κ1) is 20.6. The van der Waals surface area contributed by atoms with Gasteiger partial charge in [-0.15, -0.1) is 0 Å². The average molecular weight is 413 g/mol. The van der Waals surface area contributed by atoms with Crippen LogP contribution in [0.5, 0.6) is 5.75 Å². The first-order valence-corrected chi connectivity index (χ1v) is 9.62. The molecule has 29 heavy (non-hydrogen) atoms. The van der Waals surface area contributed by atoms with E-state index in [4.69, 9.17) is 4.74 Å². The molecule has 0 bridgehead atoms. The van der Waals surface area contributed by atoms with E-state index in [9.17, 15) is 20.0 Å². The summed E-state index contributed by atoms with van der Waals surface area (Å²) in [5.74, 6) is -0.647. The van der Waals surface area contributed by atoms with E-state index >= 15 is 0 Å². The summed E-state index contributed by atoms with van der Waals surface area (Å²) in [6.07, 6.45) is 2.21. The van der Waals surface area contributed by atoms with Crippen LogP contribution in [0.15, 0.2) is 58.4 Å². The summed E-state index contributed by atoms with van der Waals surface area (Å²) in [4.78, 5) is 29.9. The van der Waals surface area contributed by atoms with Gasteiger partial charge in [0.1, 0.15) is 0 Å². The van der Waals surface area contributed by atoms with Gasteiger partial charge in [0.05, 0.1) is 15.5 Å². The zero-order valence-electron chi connectivity index (χ0n) is 15.6. The van der Waals surface area contributed by atoms with Gasteiger partial charge in [-0.05, 0) is 48.0 Å². The molecule has 0 aliphatic carbocycles. The fraction of sp³-hybridized carbons (Fsp3) is 0.200. The number of methoxy groups -OCH3 is 1. The molecule has 1 fully saturated rings. The third kappa shape index (κ3) is 5.01. The molecule has 2 aromatic rings. The van der Waals surface area contributed by atoms with Crippen molar-refractivity contribution < 1.29 is 19.6 Å². The lowest BCUT2D eigenvalue weighted by Crippen LogP contribution is -2.30. The number of nitrogens with zero attached hydrogens (tertiary/aromatic N) is 3. The Bertz CT molecular complexity index is 975. The highest BCUT2D eigenvalue weighted by Gasteiger charge is 2.33. The van der Waals surface area contributed by atoms with Gasteiger partial charge in [0.15, 0.2) is 10.9 Å². The van der Waals surface area contributed by atoms with E-state index in [1.54, 1.807) is 18.1 Å². The number of hydrogen-bond acceptors (Lipinski definition) is 7. The number of carbonyl (C=O) groups excluding carboxylic acids is 1. The van der Waals surface area contributed by atoms with E-state index in [0.717, 1.165) is 5.69 Å². The minimum atomic E-state index is -0.666. The number of nitro groups is 1. The van der Waals surface area contributed by atoms with Gasteiger partial charge in [0.25, 0.3) is 5.91 Å². The van der Waals surface area contributed by atoms with Crippen LogP contribution in [0.3, 0.4) is 0 Å². The molecule has 0 unspecified atom stereocenters. The minimum absolute atomic E-state index is 0.225. The van der Waals surface area contributed by atoms with Gasteiger partial charge in [-0.2, -0.15) is 0 Å². The largest absolute Gasteiger partial charge is 0.502 e. The number of rotatable bonds is 7. The van der Waals surface area contributed by atoms with Gasteiger partial charge in [0, 0.05) is 26.3 Å². The van der Waals surface area contributed by atoms with Gasteiger partial charge in [-0.1, -0.05) is 24.3 Å². The quantitative estimate of drug-likeness (QED) is 0.319. The van der Waals surface area contributed by atoms with Crippen molar-refractivity contribution in [1.29, 1.82) is 0 Å². The predicted octanol–water partition coefficient (Wildman–Crippen LogP) is 3.94. The molecule has 1 amide bonds. The fourth-order valence-corrected chi connectivity index (χ4v) is 3.72. The molecule has 1 heterocycles. The molecule has 1 aliphatic heterocycles. The molecular weight excluding hydrogens is 394 g/mol. The highest BCUT2D eigenvalue weighted by Crippen LogP contribution is 2.35. The summed E-state index contributed by atoms with van der Waals surface area (Å²) in [7, 11) is 1.60. The van der Waals surface area contributed by atoms with Crippen LogP contribution in [-0.4, -0.2) is 46.3 Å². The zero-order valence-corrected chi connectivity index (χ0v) is 16.5. The third-order valence-electron chi connectivity index (χ3n) is 4.09. The van der Waals surface area contributed by atoms with Gasteiger partial charge in [-0.3, -0.25) is 19.8 Å². The second-order valence-corrected chi connectivity index (χ2v) is 7.16. The topological polar surface area (TPSA) is 105 Å². The van der Waals surface area contributed by atoms with Crippen molar-refractivity contribution in [2.75, 3.05) is 20.3 Å². The average Bonchev–Trinajstić information content (AvgIpc) is 2.99. The Kier molecular flexibility index (Phi) is 6.63. The molecule has 2 aromatic carbocycles. The van der Waals surface area contributed by atoms with E-state index in [1.807, 2.05) is 30.3 Å². The van der Waals surface area contributed by atoms with Crippen LogP contribution in [0.2, 0.25) is 0 Å². The van der Waals surface area contributed by atoms with Crippen molar-refractivity contribution in [2.45, 2.75) is 6.42 Å². The summed E-state index contributed by atoms with van der Waals surface area (Å²) in [6.45, 7) is 0.953.